The lowest BCUT2D eigenvalue weighted by atomic mass is 10.1. The quantitative estimate of drug-likeness (QED) is 0.863. The molecule has 0 saturated heterocycles. The Balaban J connectivity index is 2.62. The van der Waals surface area contributed by atoms with Crippen molar-refractivity contribution in [2.45, 2.75) is 11.8 Å². The minimum Gasteiger partial charge on any atom is -0.478 e. The van der Waals surface area contributed by atoms with Gasteiger partial charge in [0.25, 0.3) is 10.0 Å². The second-order valence-electron chi connectivity index (χ2n) is 5.05. The average Bonchev–Trinajstić information content (AvgIpc) is 2.56. The van der Waals surface area contributed by atoms with E-state index < -0.39 is 32.3 Å². The summed E-state index contributed by atoms with van der Waals surface area (Å²) in [4.78, 5) is 10.7. The molecule has 2 aromatic rings. The van der Waals surface area contributed by atoms with Crippen LogP contribution in [-0.4, -0.2) is 26.5 Å². The SMILES string of the molecule is C#Cc1cccc(N(C)S(=O)(=O)c2cc(C(=O)O)cc(F)c2C)c1. The van der Waals surface area contributed by atoms with Gasteiger partial charge in [0, 0.05) is 18.2 Å². The van der Waals surface area contributed by atoms with Crippen molar-refractivity contribution >= 4 is 21.7 Å². The first-order chi connectivity index (χ1) is 11.2. The summed E-state index contributed by atoms with van der Waals surface area (Å²) in [6, 6.07) is 7.99. The molecular formula is C17H14FNO4S. The molecule has 0 amide bonds. The molecule has 5 nitrogen and oxygen atoms in total. The largest absolute Gasteiger partial charge is 0.478 e. The molecule has 0 aliphatic carbocycles. The fourth-order valence-electron chi connectivity index (χ4n) is 2.12. The predicted octanol–water partition coefficient (Wildman–Crippen LogP) is 2.64. The second kappa shape index (κ2) is 6.34. The Morgan fingerprint density at radius 1 is 1.29 bits per heavy atom. The van der Waals surface area contributed by atoms with Gasteiger partial charge >= 0.3 is 5.97 Å². The van der Waals surface area contributed by atoms with Crippen LogP contribution in [0.4, 0.5) is 10.1 Å². The van der Waals surface area contributed by atoms with E-state index in [0.717, 1.165) is 16.4 Å². The van der Waals surface area contributed by atoms with E-state index in [0.29, 0.717) is 5.56 Å². The molecule has 0 spiro atoms. The predicted molar refractivity (Wildman–Crippen MR) is 88.1 cm³/mol. The fraction of sp³-hybridized carbons (Fsp3) is 0.118. The van der Waals surface area contributed by atoms with E-state index in [1.165, 1.54) is 26.1 Å². The van der Waals surface area contributed by atoms with E-state index in [9.17, 15) is 17.6 Å². The molecule has 0 unspecified atom stereocenters. The normalized spacial score (nSPS) is 10.9. The Morgan fingerprint density at radius 3 is 2.54 bits per heavy atom. The van der Waals surface area contributed by atoms with Crippen molar-refractivity contribution in [2.24, 2.45) is 0 Å². The molecule has 0 heterocycles. The van der Waals surface area contributed by atoms with E-state index >= 15 is 0 Å². The molecular weight excluding hydrogens is 333 g/mol. The molecule has 124 valence electrons. The molecule has 0 atom stereocenters. The number of hydrogen-bond acceptors (Lipinski definition) is 3. The molecule has 0 radical (unpaired) electrons. The van der Waals surface area contributed by atoms with Gasteiger partial charge in [-0.1, -0.05) is 12.0 Å². The topological polar surface area (TPSA) is 74.7 Å². The van der Waals surface area contributed by atoms with Crippen molar-refractivity contribution in [2.75, 3.05) is 11.4 Å². The van der Waals surface area contributed by atoms with Gasteiger partial charge in [0.1, 0.15) is 5.82 Å². The van der Waals surface area contributed by atoms with Crippen LogP contribution < -0.4 is 4.31 Å². The summed E-state index contributed by atoms with van der Waals surface area (Å²) < 4.78 is 40.5. The number of benzene rings is 2. The number of aromatic carboxylic acids is 1. The molecule has 0 aliphatic rings. The number of carboxylic acid groups (broad SMARTS) is 1. The van der Waals surface area contributed by atoms with Crippen LogP contribution in [0.25, 0.3) is 0 Å². The maximum Gasteiger partial charge on any atom is 0.335 e. The van der Waals surface area contributed by atoms with Crippen molar-refractivity contribution in [1.82, 2.24) is 0 Å². The van der Waals surface area contributed by atoms with E-state index in [4.69, 9.17) is 11.5 Å². The average molecular weight is 347 g/mol. The van der Waals surface area contributed by atoms with E-state index in [1.54, 1.807) is 12.1 Å². The van der Waals surface area contributed by atoms with Crippen LogP contribution in [0, 0.1) is 25.1 Å². The number of hydrogen-bond donors (Lipinski definition) is 1. The molecule has 1 N–H and O–H groups in total. The van der Waals surface area contributed by atoms with Gasteiger partial charge < -0.3 is 5.11 Å². The van der Waals surface area contributed by atoms with Gasteiger partial charge in [-0.05, 0) is 37.3 Å². The zero-order chi connectivity index (χ0) is 18.1. The summed E-state index contributed by atoms with van der Waals surface area (Å²) in [5.41, 5.74) is 0.171. The van der Waals surface area contributed by atoms with Crippen LogP contribution in [0.15, 0.2) is 41.3 Å². The molecule has 0 fully saturated rings. The Morgan fingerprint density at radius 2 is 1.96 bits per heavy atom. The summed E-state index contributed by atoms with van der Waals surface area (Å²) in [7, 11) is -2.88. The third-order valence-electron chi connectivity index (χ3n) is 3.56. The van der Waals surface area contributed by atoms with Crippen molar-refractivity contribution in [1.29, 1.82) is 0 Å². The minimum atomic E-state index is -4.16. The zero-order valence-electron chi connectivity index (χ0n) is 12.9. The van der Waals surface area contributed by atoms with Gasteiger partial charge in [-0.15, -0.1) is 6.42 Å². The van der Waals surface area contributed by atoms with Crippen molar-refractivity contribution in [3.05, 3.63) is 58.9 Å². The van der Waals surface area contributed by atoms with Gasteiger partial charge in [0.2, 0.25) is 0 Å². The first kappa shape index (κ1) is 17.5. The van der Waals surface area contributed by atoms with Crippen molar-refractivity contribution in [3.8, 4) is 12.3 Å². The Kier molecular flexibility index (Phi) is 4.62. The number of anilines is 1. The van der Waals surface area contributed by atoms with Crippen molar-refractivity contribution in [3.63, 3.8) is 0 Å². The highest BCUT2D eigenvalue weighted by molar-refractivity contribution is 7.92. The number of rotatable bonds is 4. The lowest BCUT2D eigenvalue weighted by molar-refractivity contribution is 0.0696. The summed E-state index contributed by atoms with van der Waals surface area (Å²) in [5.74, 6) is 0.0808. The van der Waals surface area contributed by atoms with E-state index in [-0.39, 0.29) is 11.3 Å². The number of carboxylic acids is 1. The van der Waals surface area contributed by atoms with Gasteiger partial charge in [0.15, 0.2) is 0 Å². The van der Waals surface area contributed by atoms with Crippen LogP contribution in [0.5, 0.6) is 0 Å². The molecule has 0 bridgehead atoms. The maximum atomic E-state index is 13.9. The summed E-state index contributed by atoms with van der Waals surface area (Å²) in [6.45, 7) is 1.28. The third kappa shape index (κ3) is 3.09. The number of terminal acetylenes is 1. The number of halogens is 1. The lowest BCUT2D eigenvalue weighted by Gasteiger charge is -2.21. The second-order valence-corrected chi connectivity index (χ2v) is 6.99. The monoisotopic (exact) mass is 347 g/mol. The number of carbonyl (C=O) groups is 1. The molecule has 0 saturated carbocycles. The van der Waals surface area contributed by atoms with Gasteiger partial charge in [-0.25, -0.2) is 17.6 Å². The molecule has 24 heavy (non-hydrogen) atoms. The molecule has 2 aromatic carbocycles. The van der Waals surface area contributed by atoms with E-state index in [1.807, 2.05) is 0 Å². The highest BCUT2D eigenvalue weighted by Crippen LogP contribution is 2.27. The molecule has 0 aromatic heterocycles. The third-order valence-corrected chi connectivity index (χ3v) is 5.47. The van der Waals surface area contributed by atoms with Crippen LogP contribution in [0.2, 0.25) is 0 Å². The summed E-state index contributed by atoms with van der Waals surface area (Å²) in [5, 5.41) is 9.02. The van der Waals surface area contributed by atoms with Crippen LogP contribution >= 0.6 is 0 Å². The van der Waals surface area contributed by atoms with Crippen LogP contribution in [-0.2, 0) is 10.0 Å². The first-order valence-corrected chi connectivity index (χ1v) is 8.21. The fourth-order valence-corrected chi connectivity index (χ4v) is 3.57. The minimum absolute atomic E-state index is 0.153. The standard InChI is InChI=1S/C17H14FNO4S/c1-4-12-6-5-7-14(8-12)19(3)24(22,23)16-10-13(17(20)21)9-15(18)11(16)2/h1,5-10H,2-3H3,(H,20,21). The Hall–Kier alpha value is -2.85. The molecule has 2 rings (SSSR count). The Labute approximate surface area is 139 Å². The van der Waals surface area contributed by atoms with Gasteiger partial charge in [0.05, 0.1) is 16.1 Å². The first-order valence-electron chi connectivity index (χ1n) is 6.77. The van der Waals surface area contributed by atoms with Gasteiger partial charge in [-0.3, -0.25) is 4.31 Å². The summed E-state index contributed by atoms with van der Waals surface area (Å²) >= 11 is 0. The molecule has 7 heteroatoms. The number of nitrogens with zero attached hydrogens (tertiary/aromatic N) is 1. The Bertz CT molecular complexity index is 961. The van der Waals surface area contributed by atoms with Crippen LogP contribution in [0.1, 0.15) is 21.5 Å². The highest BCUT2D eigenvalue weighted by Gasteiger charge is 2.26. The molecule has 0 aliphatic heterocycles. The zero-order valence-corrected chi connectivity index (χ0v) is 13.8. The summed E-state index contributed by atoms with van der Waals surface area (Å²) in [6.07, 6.45) is 5.30. The van der Waals surface area contributed by atoms with E-state index in [2.05, 4.69) is 5.92 Å². The smallest absolute Gasteiger partial charge is 0.335 e. The van der Waals surface area contributed by atoms with Crippen LogP contribution in [0.3, 0.4) is 0 Å². The van der Waals surface area contributed by atoms with Crippen molar-refractivity contribution < 1.29 is 22.7 Å². The lowest BCUT2D eigenvalue weighted by Crippen LogP contribution is -2.27. The highest BCUT2D eigenvalue weighted by atomic mass is 32.2. The van der Waals surface area contributed by atoms with Gasteiger partial charge in [-0.2, -0.15) is 0 Å². The number of sulfonamides is 1. The maximum absolute atomic E-state index is 13.9.